The van der Waals surface area contributed by atoms with Crippen molar-refractivity contribution in [2.45, 2.75) is 70.7 Å². The van der Waals surface area contributed by atoms with E-state index in [0.29, 0.717) is 24.2 Å². The maximum Gasteiger partial charge on any atom is 0.310 e. The fourth-order valence-corrected chi connectivity index (χ4v) is 3.56. The largest absolute Gasteiger partial charge is 0.497 e. The summed E-state index contributed by atoms with van der Waals surface area (Å²) in [6.07, 6.45) is 0.507. The number of benzene rings is 1. The Balaban J connectivity index is 1.78. The molecule has 1 aliphatic rings. The first kappa shape index (κ1) is 28.3. The van der Waals surface area contributed by atoms with E-state index in [-0.39, 0.29) is 25.2 Å². The van der Waals surface area contributed by atoms with Crippen molar-refractivity contribution in [3.63, 3.8) is 0 Å². The molecule has 0 bridgehead atoms. The predicted molar refractivity (Wildman–Crippen MR) is 131 cm³/mol. The minimum atomic E-state index is -1.06. The number of carbonyl (C=O) groups is 2. The standard InChI is InChI=1S/C27H36O8/c1-7-22-14-25(34-20(5)28)27(35-22)24(29)12-17(2)13-26(30)33-15-18(3)19(4)32-16-21-8-10-23(31-6)11-9-21/h7-12,19,22,24-25,27,29H,1,3,13-16H2,2,4-6H3/b17-12+/t19?,22-,24-,25-,27-/m1/s1. The Kier molecular flexibility index (Phi) is 11.2. The highest BCUT2D eigenvalue weighted by Crippen LogP contribution is 2.27. The van der Waals surface area contributed by atoms with Crippen LogP contribution in [0.5, 0.6) is 5.75 Å². The van der Waals surface area contributed by atoms with Crippen molar-refractivity contribution in [3.05, 3.63) is 66.3 Å². The van der Waals surface area contributed by atoms with Crippen LogP contribution >= 0.6 is 0 Å². The van der Waals surface area contributed by atoms with E-state index >= 15 is 0 Å². The van der Waals surface area contributed by atoms with Crippen LogP contribution in [0.25, 0.3) is 0 Å². The molecule has 0 aliphatic carbocycles. The van der Waals surface area contributed by atoms with Gasteiger partial charge in [0.25, 0.3) is 0 Å². The quantitative estimate of drug-likeness (QED) is 0.332. The molecule has 1 aromatic carbocycles. The topological polar surface area (TPSA) is 101 Å². The monoisotopic (exact) mass is 488 g/mol. The van der Waals surface area contributed by atoms with Gasteiger partial charge in [0.05, 0.1) is 32.3 Å². The molecule has 1 aromatic rings. The maximum absolute atomic E-state index is 12.3. The van der Waals surface area contributed by atoms with E-state index in [1.807, 2.05) is 31.2 Å². The normalized spacial score (nSPS) is 21.6. The molecule has 0 radical (unpaired) electrons. The van der Waals surface area contributed by atoms with Crippen molar-refractivity contribution in [3.8, 4) is 5.75 Å². The smallest absolute Gasteiger partial charge is 0.310 e. The summed E-state index contributed by atoms with van der Waals surface area (Å²) in [6, 6.07) is 7.56. The molecule has 1 unspecified atom stereocenters. The molecule has 0 saturated carbocycles. The summed E-state index contributed by atoms with van der Waals surface area (Å²) in [4.78, 5) is 23.6. The third kappa shape index (κ3) is 9.32. The van der Waals surface area contributed by atoms with E-state index in [9.17, 15) is 14.7 Å². The first-order valence-electron chi connectivity index (χ1n) is 11.5. The van der Waals surface area contributed by atoms with Gasteiger partial charge in [-0.1, -0.05) is 36.4 Å². The minimum Gasteiger partial charge on any atom is -0.497 e. The Morgan fingerprint density at radius 2 is 1.94 bits per heavy atom. The van der Waals surface area contributed by atoms with Crippen LogP contribution in [-0.2, 0) is 35.1 Å². The van der Waals surface area contributed by atoms with E-state index in [4.69, 9.17) is 23.7 Å². The number of hydrogen-bond acceptors (Lipinski definition) is 8. The van der Waals surface area contributed by atoms with E-state index in [1.54, 1.807) is 20.1 Å². The van der Waals surface area contributed by atoms with E-state index in [2.05, 4.69) is 13.2 Å². The second-order valence-corrected chi connectivity index (χ2v) is 8.56. The van der Waals surface area contributed by atoms with Gasteiger partial charge in [0.15, 0.2) is 0 Å². The lowest BCUT2D eigenvalue weighted by molar-refractivity contribution is -0.151. The van der Waals surface area contributed by atoms with Gasteiger partial charge in [0.1, 0.15) is 30.7 Å². The van der Waals surface area contributed by atoms with Gasteiger partial charge in [-0.25, -0.2) is 0 Å². The third-order valence-corrected chi connectivity index (χ3v) is 5.61. The molecule has 8 heteroatoms. The zero-order valence-corrected chi connectivity index (χ0v) is 20.9. The molecule has 8 nitrogen and oxygen atoms in total. The second-order valence-electron chi connectivity index (χ2n) is 8.56. The van der Waals surface area contributed by atoms with Gasteiger partial charge in [-0.05, 0) is 37.1 Å². The molecule has 1 aliphatic heterocycles. The van der Waals surface area contributed by atoms with Gasteiger partial charge in [-0.3, -0.25) is 9.59 Å². The number of aliphatic hydroxyl groups is 1. The number of ether oxygens (including phenoxy) is 5. The summed E-state index contributed by atoms with van der Waals surface area (Å²) in [7, 11) is 1.61. The molecule has 1 N–H and O–H groups in total. The van der Waals surface area contributed by atoms with Crippen LogP contribution in [0.1, 0.15) is 39.2 Å². The first-order valence-corrected chi connectivity index (χ1v) is 11.5. The summed E-state index contributed by atoms with van der Waals surface area (Å²) in [5, 5.41) is 10.6. The summed E-state index contributed by atoms with van der Waals surface area (Å²) in [5.74, 6) is -0.134. The lowest BCUT2D eigenvalue weighted by atomic mass is 10.0. The fourth-order valence-electron chi connectivity index (χ4n) is 3.56. The Bertz CT molecular complexity index is 904. The van der Waals surface area contributed by atoms with Crippen LogP contribution < -0.4 is 4.74 Å². The zero-order chi connectivity index (χ0) is 26.0. The van der Waals surface area contributed by atoms with Gasteiger partial charge < -0.3 is 28.8 Å². The Labute approximate surface area is 207 Å². The number of aliphatic hydroxyl groups excluding tert-OH is 1. The van der Waals surface area contributed by atoms with Crippen molar-refractivity contribution in [2.75, 3.05) is 13.7 Å². The number of hydrogen-bond donors (Lipinski definition) is 1. The zero-order valence-electron chi connectivity index (χ0n) is 20.9. The van der Waals surface area contributed by atoms with Crippen LogP contribution in [0, 0.1) is 0 Å². The summed E-state index contributed by atoms with van der Waals surface area (Å²) >= 11 is 0. The summed E-state index contributed by atoms with van der Waals surface area (Å²) < 4.78 is 27.3. The molecule has 2 rings (SSSR count). The van der Waals surface area contributed by atoms with Crippen molar-refractivity contribution < 1.29 is 38.4 Å². The molecular formula is C27H36O8. The summed E-state index contributed by atoms with van der Waals surface area (Å²) in [6.45, 7) is 12.9. The third-order valence-electron chi connectivity index (χ3n) is 5.61. The second kappa shape index (κ2) is 13.8. The van der Waals surface area contributed by atoms with Gasteiger partial charge >= 0.3 is 11.9 Å². The molecule has 0 aromatic heterocycles. The average Bonchev–Trinajstić information content (AvgIpc) is 3.23. The molecular weight excluding hydrogens is 452 g/mol. The summed E-state index contributed by atoms with van der Waals surface area (Å²) in [5.41, 5.74) is 2.22. The Morgan fingerprint density at radius 1 is 1.26 bits per heavy atom. The van der Waals surface area contributed by atoms with Crippen molar-refractivity contribution in [2.24, 2.45) is 0 Å². The van der Waals surface area contributed by atoms with Crippen molar-refractivity contribution >= 4 is 11.9 Å². The van der Waals surface area contributed by atoms with Gasteiger partial charge in [-0.15, -0.1) is 6.58 Å². The van der Waals surface area contributed by atoms with Crippen molar-refractivity contribution in [1.29, 1.82) is 0 Å². The predicted octanol–water partition coefficient (Wildman–Crippen LogP) is 3.67. The number of esters is 2. The molecule has 5 atom stereocenters. The average molecular weight is 489 g/mol. The highest BCUT2D eigenvalue weighted by Gasteiger charge is 2.40. The van der Waals surface area contributed by atoms with Crippen LogP contribution in [0.15, 0.2) is 60.7 Å². The lowest BCUT2D eigenvalue weighted by Gasteiger charge is -2.22. The van der Waals surface area contributed by atoms with Gasteiger partial charge in [-0.2, -0.15) is 0 Å². The number of methoxy groups -OCH3 is 1. The highest BCUT2D eigenvalue weighted by molar-refractivity contribution is 5.72. The lowest BCUT2D eigenvalue weighted by Crippen LogP contribution is -2.36. The molecule has 192 valence electrons. The molecule has 1 heterocycles. The van der Waals surface area contributed by atoms with Crippen LogP contribution in [-0.4, -0.2) is 61.3 Å². The number of carbonyl (C=O) groups excluding carboxylic acids is 2. The number of rotatable bonds is 13. The minimum absolute atomic E-state index is 0.0126. The van der Waals surface area contributed by atoms with Gasteiger partial charge in [0.2, 0.25) is 0 Å². The molecule has 0 spiro atoms. The molecule has 0 amide bonds. The highest BCUT2D eigenvalue weighted by atomic mass is 16.6. The van der Waals surface area contributed by atoms with Crippen molar-refractivity contribution in [1.82, 2.24) is 0 Å². The molecule has 1 saturated heterocycles. The fraction of sp³-hybridized carbons (Fsp3) is 0.481. The Hall–Kier alpha value is -2.94. The molecule has 35 heavy (non-hydrogen) atoms. The van der Waals surface area contributed by atoms with E-state index in [1.165, 1.54) is 13.0 Å². The van der Waals surface area contributed by atoms with Crippen LogP contribution in [0.4, 0.5) is 0 Å². The maximum atomic E-state index is 12.3. The van der Waals surface area contributed by atoms with E-state index < -0.39 is 30.3 Å². The van der Waals surface area contributed by atoms with E-state index in [0.717, 1.165) is 11.3 Å². The van der Waals surface area contributed by atoms with Gasteiger partial charge in [0, 0.05) is 13.3 Å². The first-order chi connectivity index (χ1) is 16.6. The SMILES string of the molecule is C=C[C@@H]1C[C@@H](OC(C)=O)[C@@H]([C@H](O)/C=C(\C)CC(=O)OCC(=C)C(C)OCc2ccc(OC)cc2)O1. The Morgan fingerprint density at radius 3 is 2.54 bits per heavy atom. The van der Waals surface area contributed by atoms with Crippen LogP contribution in [0.3, 0.4) is 0 Å². The van der Waals surface area contributed by atoms with Crippen LogP contribution in [0.2, 0.25) is 0 Å². The molecule has 1 fully saturated rings.